The van der Waals surface area contributed by atoms with Gasteiger partial charge in [-0.15, -0.1) is 0 Å². The molecule has 7 heteroatoms. The van der Waals surface area contributed by atoms with Crippen molar-refractivity contribution in [1.29, 1.82) is 0 Å². The van der Waals surface area contributed by atoms with Gasteiger partial charge in [0.1, 0.15) is 0 Å². The number of ether oxygens (including phenoxy) is 2. The van der Waals surface area contributed by atoms with Crippen LogP contribution in [0.2, 0.25) is 5.02 Å². The van der Waals surface area contributed by atoms with Gasteiger partial charge in [-0.05, 0) is 30.2 Å². The summed E-state index contributed by atoms with van der Waals surface area (Å²) in [5.41, 5.74) is 1.95. The summed E-state index contributed by atoms with van der Waals surface area (Å²) < 4.78 is 10.8. The van der Waals surface area contributed by atoms with E-state index >= 15 is 0 Å². The number of halogens is 1. The zero-order valence-electron chi connectivity index (χ0n) is 14.5. The van der Waals surface area contributed by atoms with Crippen molar-refractivity contribution >= 4 is 23.4 Å². The van der Waals surface area contributed by atoms with Crippen LogP contribution in [0.4, 0.5) is 0 Å². The lowest BCUT2D eigenvalue weighted by Gasteiger charge is -2.23. The minimum atomic E-state index is -0.191. The van der Waals surface area contributed by atoms with Crippen molar-refractivity contribution in [3.8, 4) is 11.5 Å². The first-order valence-corrected chi connectivity index (χ1v) is 9.27. The number of rotatable bonds is 3. The molecule has 2 aromatic carbocycles. The van der Waals surface area contributed by atoms with Gasteiger partial charge in [0.05, 0.1) is 17.2 Å². The van der Waals surface area contributed by atoms with Crippen LogP contribution in [-0.2, 0) is 6.54 Å². The molecule has 0 bridgehead atoms. The van der Waals surface area contributed by atoms with Crippen LogP contribution in [-0.4, -0.2) is 47.5 Å². The van der Waals surface area contributed by atoms with E-state index in [2.05, 4.69) is 4.90 Å². The summed E-state index contributed by atoms with van der Waals surface area (Å²) in [5.74, 6) is 0.978. The fraction of sp³-hybridized carbons (Fsp3) is 0.300. The van der Waals surface area contributed by atoms with E-state index in [9.17, 15) is 9.59 Å². The Kier molecular flexibility index (Phi) is 3.84. The lowest BCUT2D eigenvalue weighted by atomic mass is 10.1. The molecule has 0 radical (unpaired) electrons. The van der Waals surface area contributed by atoms with Crippen LogP contribution in [0.25, 0.3) is 0 Å². The molecule has 3 aliphatic heterocycles. The summed E-state index contributed by atoms with van der Waals surface area (Å²) in [6.45, 7) is 2.27. The number of carbonyl (C=O) groups is 2. The van der Waals surface area contributed by atoms with Gasteiger partial charge in [-0.3, -0.25) is 19.4 Å². The Morgan fingerprint density at radius 3 is 2.41 bits per heavy atom. The van der Waals surface area contributed by atoms with Gasteiger partial charge in [0.25, 0.3) is 11.8 Å². The summed E-state index contributed by atoms with van der Waals surface area (Å²) in [6.07, 6.45) is 0.758. The molecular weight excluding hydrogens is 368 g/mol. The van der Waals surface area contributed by atoms with Crippen molar-refractivity contribution in [2.45, 2.75) is 19.0 Å². The van der Waals surface area contributed by atoms with Crippen molar-refractivity contribution in [3.05, 3.63) is 58.1 Å². The predicted octanol–water partition coefficient (Wildman–Crippen LogP) is 2.94. The van der Waals surface area contributed by atoms with E-state index in [1.807, 2.05) is 6.07 Å². The van der Waals surface area contributed by atoms with Gasteiger partial charge in [-0.2, -0.15) is 0 Å². The molecule has 0 saturated carbocycles. The first kappa shape index (κ1) is 16.6. The highest BCUT2D eigenvalue weighted by molar-refractivity contribution is 6.31. The first-order chi connectivity index (χ1) is 13.1. The third-order valence-corrected chi connectivity index (χ3v) is 5.73. The average molecular weight is 385 g/mol. The van der Waals surface area contributed by atoms with E-state index < -0.39 is 0 Å². The Bertz CT molecular complexity index is 926. The van der Waals surface area contributed by atoms with Gasteiger partial charge in [0, 0.05) is 30.7 Å². The topological polar surface area (TPSA) is 59.1 Å². The second-order valence-corrected chi connectivity index (χ2v) is 7.41. The SMILES string of the molecule is O=C1c2ccccc2C(=O)N1C1CCN(Cc2cc3c(cc2Cl)OCO3)C1. The zero-order valence-corrected chi connectivity index (χ0v) is 15.2. The lowest BCUT2D eigenvalue weighted by Crippen LogP contribution is -2.41. The molecule has 1 fully saturated rings. The van der Waals surface area contributed by atoms with Crippen LogP contribution in [0.5, 0.6) is 11.5 Å². The number of likely N-dealkylation sites (tertiary alicyclic amines) is 1. The van der Waals surface area contributed by atoms with E-state index in [0.717, 1.165) is 18.5 Å². The van der Waals surface area contributed by atoms with Crippen LogP contribution in [0.15, 0.2) is 36.4 Å². The van der Waals surface area contributed by atoms with Crippen molar-refractivity contribution in [1.82, 2.24) is 9.80 Å². The molecule has 2 amide bonds. The maximum absolute atomic E-state index is 12.7. The molecular formula is C20H17ClN2O4. The third-order valence-electron chi connectivity index (χ3n) is 5.37. The molecule has 0 aromatic heterocycles. The van der Waals surface area contributed by atoms with Gasteiger partial charge in [0.2, 0.25) is 6.79 Å². The average Bonchev–Trinajstić information content (AvgIpc) is 3.36. The number of carbonyl (C=O) groups excluding carboxylic acids is 2. The highest BCUT2D eigenvalue weighted by Gasteiger charge is 2.42. The quantitative estimate of drug-likeness (QED) is 0.761. The number of hydrogen-bond acceptors (Lipinski definition) is 5. The largest absolute Gasteiger partial charge is 0.454 e. The number of hydrogen-bond donors (Lipinski definition) is 0. The summed E-state index contributed by atoms with van der Waals surface area (Å²) in [4.78, 5) is 29.0. The van der Waals surface area contributed by atoms with E-state index in [-0.39, 0.29) is 24.6 Å². The highest BCUT2D eigenvalue weighted by Crippen LogP contribution is 2.37. The predicted molar refractivity (Wildman–Crippen MR) is 98.2 cm³/mol. The summed E-state index contributed by atoms with van der Waals surface area (Å²) in [5, 5.41) is 0.628. The number of amides is 2. The molecule has 0 N–H and O–H groups in total. The Labute approximate surface area is 161 Å². The second-order valence-electron chi connectivity index (χ2n) is 7.00. The van der Waals surface area contributed by atoms with Crippen molar-refractivity contribution in [2.75, 3.05) is 19.9 Å². The molecule has 0 spiro atoms. The van der Waals surface area contributed by atoms with E-state index in [1.165, 1.54) is 4.90 Å². The lowest BCUT2D eigenvalue weighted by molar-refractivity contribution is 0.0588. The molecule has 3 aliphatic rings. The van der Waals surface area contributed by atoms with Gasteiger partial charge in [0.15, 0.2) is 11.5 Å². The van der Waals surface area contributed by atoms with Gasteiger partial charge in [-0.1, -0.05) is 23.7 Å². The Hall–Kier alpha value is -2.57. The molecule has 3 heterocycles. The number of fused-ring (bicyclic) bond motifs is 2. The van der Waals surface area contributed by atoms with Crippen LogP contribution in [0, 0.1) is 0 Å². The Balaban J connectivity index is 1.32. The van der Waals surface area contributed by atoms with Gasteiger partial charge in [-0.25, -0.2) is 0 Å². The van der Waals surface area contributed by atoms with Crippen LogP contribution in [0.3, 0.4) is 0 Å². The van der Waals surface area contributed by atoms with Crippen molar-refractivity contribution in [3.63, 3.8) is 0 Å². The Morgan fingerprint density at radius 2 is 1.70 bits per heavy atom. The van der Waals surface area contributed by atoms with E-state index in [0.29, 0.717) is 40.7 Å². The molecule has 138 valence electrons. The highest BCUT2D eigenvalue weighted by atomic mass is 35.5. The van der Waals surface area contributed by atoms with E-state index in [1.54, 1.807) is 30.3 Å². The second kappa shape index (κ2) is 6.25. The van der Waals surface area contributed by atoms with Crippen LogP contribution < -0.4 is 9.47 Å². The molecule has 6 nitrogen and oxygen atoms in total. The summed E-state index contributed by atoms with van der Waals surface area (Å²) >= 11 is 6.38. The summed E-state index contributed by atoms with van der Waals surface area (Å²) in [7, 11) is 0. The standard InChI is InChI=1S/C20H17ClN2O4/c21-16-8-18-17(26-11-27-18)7-12(16)9-22-6-5-13(10-22)23-19(24)14-3-1-2-4-15(14)20(23)25/h1-4,7-8,13H,5-6,9-11H2. The van der Waals surface area contributed by atoms with E-state index in [4.69, 9.17) is 21.1 Å². The monoisotopic (exact) mass is 384 g/mol. The molecule has 2 aromatic rings. The van der Waals surface area contributed by atoms with Crippen LogP contribution >= 0.6 is 11.6 Å². The molecule has 1 unspecified atom stereocenters. The maximum Gasteiger partial charge on any atom is 0.261 e. The van der Waals surface area contributed by atoms with Gasteiger partial charge < -0.3 is 9.47 Å². The number of benzene rings is 2. The molecule has 1 atom stereocenters. The summed E-state index contributed by atoms with van der Waals surface area (Å²) in [6, 6.07) is 10.6. The number of imide groups is 1. The maximum atomic E-state index is 12.7. The van der Waals surface area contributed by atoms with Crippen LogP contribution in [0.1, 0.15) is 32.7 Å². The zero-order chi connectivity index (χ0) is 18.5. The Morgan fingerprint density at radius 1 is 1.04 bits per heavy atom. The molecule has 1 saturated heterocycles. The fourth-order valence-corrected chi connectivity index (χ4v) is 4.24. The molecule has 27 heavy (non-hydrogen) atoms. The normalized spacial score (nSPS) is 21.2. The smallest absolute Gasteiger partial charge is 0.261 e. The molecule has 5 rings (SSSR count). The fourth-order valence-electron chi connectivity index (χ4n) is 4.03. The van der Waals surface area contributed by atoms with Gasteiger partial charge >= 0.3 is 0 Å². The minimum Gasteiger partial charge on any atom is -0.454 e. The number of nitrogens with zero attached hydrogens (tertiary/aromatic N) is 2. The first-order valence-electron chi connectivity index (χ1n) is 8.89. The van der Waals surface area contributed by atoms with Crippen molar-refractivity contribution in [2.24, 2.45) is 0 Å². The molecule has 0 aliphatic carbocycles. The minimum absolute atomic E-state index is 0.120. The third kappa shape index (κ3) is 2.67. The van der Waals surface area contributed by atoms with Crippen molar-refractivity contribution < 1.29 is 19.1 Å².